The number of hydrogen-bond donors (Lipinski definition) is 2. The molecule has 1 aromatic carbocycles. The van der Waals surface area contributed by atoms with Gasteiger partial charge in [0.1, 0.15) is 6.17 Å². The van der Waals surface area contributed by atoms with Gasteiger partial charge in [0.05, 0.1) is 13.2 Å². The van der Waals surface area contributed by atoms with Crippen molar-refractivity contribution >= 4 is 34.8 Å². The molecule has 2 N–H and O–H groups in total. The van der Waals surface area contributed by atoms with E-state index in [0.717, 1.165) is 5.69 Å². The van der Waals surface area contributed by atoms with E-state index in [1.807, 2.05) is 6.92 Å². The molecule has 0 bridgehead atoms. The first-order chi connectivity index (χ1) is 11.4. The van der Waals surface area contributed by atoms with Crippen molar-refractivity contribution < 1.29 is 14.4 Å². The molecule has 136 valence electrons. The van der Waals surface area contributed by atoms with E-state index in [9.17, 15) is 4.79 Å². The van der Waals surface area contributed by atoms with Crippen LogP contribution >= 0.6 is 23.2 Å². The zero-order valence-corrected chi connectivity index (χ0v) is 15.9. The summed E-state index contributed by atoms with van der Waals surface area (Å²) in [5.74, 6) is -0.0646. The Hall–Kier alpha value is -1.05. The third-order valence-corrected chi connectivity index (χ3v) is 4.02. The number of carbonyl (C=O) groups excluding carboxylic acids is 1. The topological polar surface area (TPSA) is 62.8 Å². The van der Waals surface area contributed by atoms with Crippen molar-refractivity contribution in [3.63, 3.8) is 0 Å². The Morgan fingerprint density at radius 2 is 1.88 bits per heavy atom. The Morgan fingerprint density at radius 1 is 1.25 bits per heavy atom. The van der Waals surface area contributed by atoms with Gasteiger partial charge in [0.25, 0.3) is 0 Å². The van der Waals surface area contributed by atoms with Crippen molar-refractivity contribution in [2.75, 3.05) is 33.1 Å². The van der Waals surface area contributed by atoms with Crippen molar-refractivity contribution in [1.29, 1.82) is 0 Å². The molecule has 0 radical (unpaired) electrons. The Morgan fingerprint density at radius 3 is 2.42 bits per heavy atom. The fourth-order valence-electron chi connectivity index (χ4n) is 2.04. The molecule has 0 saturated carbocycles. The highest BCUT2D eigenvalue weighted by Gasteiger charge is 2.17. The molecule has 2 atom stereocenters. The van der Waals surface area contributed by atoms with Gasteiger partial charge in [0, 0.05) is 36.3 Å². The number of halogens is 2. The summed E-state index contributed by atoms with van der Waals surface area (Å²) in [6.07, 6.45) is 0.825. The zero-order valence-electron chi connectivity index (χ0n) is 14.4. The standard InChI is InChI=1S/C16H25Cl2N3O3/c1-11(23-3)16(19-7-5-6-15(22)21(2)24-4)20-14-9-12(17)8-13(18)10-14/h8-11,16,19-20H,5-7H2,1-4H3. The van der Waals surface area contributed by atoms with Crippen molar-refractivity contribution in [1.82, 2.24) is 10.4 Å². The van der Waals surface area contributed by atoms with Crippen LogP contribution < -0.4 is 10.6 Å². The first-order valence-electron chi connectivity index (χ1n) is 7.66. The van der Waals surface area contributed by atoms with Gasteiger partial charge >= 0.3 is 0 Å². The second-order valence-electron chi connectivity index (χ2n) is 5.35. The second kappa shape index (κ2) is 10.7. The number of carbonyl (C=O) groups is 1. The third kappa shape index (κ3) is 7.23. The van der Waals surface area contributed by atoms with Gasteiger partial charge in [-0.1, -0.05) is 23.2 Å². The summed E-state index contributed by atoms with van der Waals surface area (Å²) in [7, 11) is 4.70. The predicted molar refractivity (Wildman–Crippen MR) is 97.4 cm³/mol. The number of methoxy groups -OCH3 is 1. The maximum atomic E-state index is 11.7. The molecule has 0 spiro atoms. The number of ether oxygens (including phenoxy) is 1. The maximum Gasteiger partial charge on any atom is 0.245 e. The second-order valence-corrected chi connectivity index (χ2v) is 6.23. The van der Waals surface area contributed by atoms with E-state index in [-0.39, 0.29) is 18.2 Å². The number of hydroxylamine groups is 2. The van der Waals surface area contributed by atoms with Crippen molar-refractivity contribution in [3.8, 4) is 0 Å². The summed E-state index contributed by atoms with van der Waals surface area (Å²) in [5.41, 5.74) is 0.795. The lowest BCUT2D eigenvalue weighted by molar-refractivity contribution is -0.168. The van der Waals surface area contributed by atoms with Crippen LogP contribution in [0.1, 0.15) is 19.8 Å². The molecule has 0 aliphatic heterocycles. The molecule has 0 saturated heterocycles. The predicted octanol–water partition coefficient (Wildman–Crippen LogP) is 3.16. The van der Waals surface area contributed by atoms with E-state index >= 15 is 0 Å². The minimum atomic E-state index is -0.153. The van der Waals surface area contributed by atoms with E-state index < -0.39 is 0 Å². The van der Waals surface area contributed by atoms with E-state index in [2.05, 4.69) is 10.6 Å². The first-order valence-corrected chi connectivity index (χ1v) is 8.42. The SMILES string of the molecule is COC(C)C(NCCCC(=O)N(C)OC)Nc1cc(Cl)cc(Cl)c1. The molecule has 2 unspecified atom stereocenters. The molecule has 0 aliphatic carbocycles. The largest absolute Gasteiger partial charge is 0.378 e. The average Bonchev–Trinajstić information content (AvgIpc) is 2.54. The number of hydrogen-bond acceptors (Lipinski definition) is 5. The molecule has 1 amide bonds. The number of nitrogens with zero attached hydrogens (tertiary/aromatic N) is 1. The van der Waals surface area contributed by atoms with Crippen molar-refractivity contribution in [2.24, 2.45) is 0 Å². The Balaban J connectivity index is 2.55. The molecule has 0 heterocycles. The fraction of sp³-hybridized carbons (Fsp3) is 0.562. The van der Waals surface area contributed by atoms with E-state index in [1.165, 1.54) is 12.2 Å². The fourth-order valence-corrected chi connectivity index (χ4v) is 2.57. The smallest absolute Gasteiger partial charge is 0.245 e. The number of amides is 1. The summed E-state index contributed by atoms with van der Waals surface area (Å²) in [5, 5.41) is 8.98. The van der Waals surface area contributed by atoms with Crippen LogP contribution in [-0.4, -0.2) is 51.1 Å². The summed E-state index contributed by atoms with van der Waals surface area (Å²) < 4.78 is 5.39. The van der Waals surface area contributed by atoms with Crippen LogP contribution in [0.4, 0.5) is 5.69 Å². The van der Waals surface area contributed by atoms with Gasteiger partial charge in [-0.15, -0.1) is 0 Å². The minimum Gasteiger partial charge on any atom is -0.378 e. The third-order valence-electron chi connectivity index (χ3n) is 3.58. The van der Waals surface area contributed by atoms with Crippen LogP contribution in [0.15, 0.2) is 18.2 Å². The highest BCUT2D eigenvalue weighted by molar-refractivity contribution is 6.35. The van der Waals surface area contributed by atoms with Gasteiger partial charge in [-0.2, -0.15) is 0 Å². The van der Waals surface area contributed by atoms with Gasteiger partial charge in [0.2, 0.25) is 5.91 Å². The average molecular weight is 378 g/mol. The summed E-state index contributed by atoms with van der Waals surface area (Å²) in [6, 6.07) is 5.26. The molecule has 0 aliphatic rings. The molecule has 0 fully saturated rings. The Labute approximate surface area is 153 Å². The van der Waals surface area contributed by atoms with E-state index in [1.54, 1.807) is 32.4 Å². The summed E-state index contributed by atoms with van der Waals surface area (Å²) in [6.45, 7) is 2.59. The molecule has 1 rings (SSSR count). The molecule has 24 heavy (non-hydrogen) atoms. The number of rotatable bonds is 10. The molecular weight excluding hydrogens is 353 g/mol. The number of nitrogens with one attached hydrogen (secondary N) is 2. The first kappa shape index (κ1) is 21.0. The van der Waals surface area contributed by atoms with Gasteiger partial charge in [-0.05, 0) is 38.1 Å². The minimum absolute atomic E-state index is 0.0646. The van der Waals surface area contributed by atoms with Crippen LogP contribution in [0.5, 0.6) is 0 Å². The van der Waals surface area contributed by atoms with Crippen LogP contribution in [0.3, 0.4) is 0 Å². The van der Waals surface area contributed by atoms with Crippen LogP contribution in [0.25, 0.3) is 0 Å². The highest BCUT2D eigenvalue weighted by atomic mass is 35.5. The molecule has 6 nitrogen and oxygen atoms in total. The molecule has 1 aromatic rings. The van der Waals surface area contributed by atoms with Gasteiger partial charge in [0.15, 0.2) is 0 Å². The summed E-state index contributed by atoms with van der Waals surface area (Å²) in [4.78, 5) is 16.5. The molecule has 0 aromatic heterocycles. The van der Waals surface area contributed by atoms with E-state index in [4.69, 9.17) is 32.8 Å². The van der Waals surface area contributed by atoms with Crippen LogP contribution in [0, 0.1) is 0 Å². The molecule has 8 heteroatoms. The lowest BCUT2D eigenvalue weighted by Crippen LogP contribution is -2.46. The van der Waals surface area contributed by atoms with Gasteiger partial charge < -0.3 is 10.1 Å². The number of anilines is 1. The lowest BCUT2D eigenvalue weighted by atomic mass is 10.2. The quantitative estimate of drug-likeness (QED) is 0.372. The molecular formula is C16H25Cl2N3O3. The zero-order chi connectivity index (χ0) is 18.1. The van der Waals surface area contributed by atoms with Crippen LogP contribution in [0.2, 0.25) is 10.0 Å². The Kier molecular flexibility index (Phi) is 9.39. The van der Waals surface area contributed by atoms with E-state index in [0.29, 0.717) is 29.4 Å². The lowest BCUT2D eigenvalue weighted by Gasteiger charge is -2.26. The van der Waals surface area contributed by atoms with Gasteiger partial charge in [-0.3, -0.25) is 14.9 Å². The highest BCUT2D eigenvalue weighted by Crippen LogP contribution is 2.23. The normalized spacial score (nSPS) is 13.4. The summed E-state index contributed by atoms with van der Waals surface area (Å²) >= 11 is 12.0. The van der Waals surface area contributed by atoms with Crippen LogP contribution in [-0.2, 0) is 14.4 Å². The Bertz CT molecular complexity index is 511. The van der Waals surface area contributed by atoms with Gasteiger partial charge in [-0.25, -0.2) is 5.06 Å². The van der Waals surface area contributed by atoms with Crippen molar-refractivity contribution in [3.05, 3.63) is 28.2 Å². The monoisotopic (exact) mass is 377 g/mol. The van der Waals surface area contributed by atoms with Crippen molar-refractivity contribution in [2.45, 2.75) is 32.0 Å². The number of benzene rings is 1. The maximum absolute atomic E-state index is 11.7.